The van der Waals surface area contributed by atoms with Crippen LogP contribution in [0.4, 0.5) is 0 Å². The molecule has 1 amide bonds. The van der Waals surface area contributed by atoms with E-state index in [1.807, 2.05) is 11.9 Å². The highest BCUT2D eigenvalue weighted by Crippen LogP contribution is 2.19. The molecule has 3 nitrogen and oxygen atoms in total. The van der Waals surface area contributed by atoms with E-state index < -0.39 is 0 Å². The molecule has 0 aromatic carbocycles. The van der Waals surface area contributed by atoms with E-state index in [1.165, 1.54) is 23.3 Å². The first kappa shape index (κ1) is 14.5. The van der Waals surface area contributed by atoms with Crippen molar-refractivity contribution >= 4 is 17.2 Å². The van der Waals surface area contributed by atoms with Gasteiger partial charge in [0.05, 0.1) is 6.54 Å². The zero-order chi connectivity index (χ0) is 13.7. The number of aryl methyl sites for hydroxylation is 1. The predicted octanol–water partition coefficient (Wildman–Crippen LogP) is 2.79. The van der Waals surface area contributed by atoms with Crippen LogP contribution in [0.3, 0.4) is 0 Å². The summed E-state index contributed by atoms with van der Waals surface area (Å²) >= 11 is 1.74. The zero-order valence-corrected chi connectivity index (χ0v) is 12.8. The summed E-state index contributed by atoms with van der Waals surface area (Å²) in [6.07, 6.45) is 4.24. The Bertz CT molecular complexity index is 410. The lowest BCUT2D eigenvalue weighted by molar-refractivity contribution is -0.130. The third kappa shape index (κ3) is 4.32. The highest BCUT2D eigenvalue weighted by atomic mass is 32.1. The van der Waals surface area contributed by atoms with Crippen molar-refractivity contribution in [2.24, 2.45) is 5.92 Å². The van der Waals surface area contributed by atoms with E-state index >= 15 is 0 Å². The summed E-state index contributed by atoms with van der Waals surface area (Å²) in [5, 5.41) is 5.50. The average Bonchev–Trinajstić information content (AvgIpc) is 2.82. The third-order valence-corrected chi connectivity index (χ3v) is 4.95. The van der Waals surface area contributed by atoms with Crippen LogP contribution in [0.2, 0.25) is 0 Å². The number of nitrogens with zero attached hydrogens (tertiary/aromatic N) is 1. The minimum Gasteiger partial charge on any atom is -0.341 e. The topological polar surface area (TPSA) is 32.3 Å². The number of carbonyl (C=O) groups is 1. The first-order chi connectivity index (χ1) is 9.16. The minimum absolute atomic E-state index is 0.276. The predicted molar refractivity (Wildman–Crippen MR) is 80.4 cm³/mol. The van der Waals surface area contributed by atoms with Crippen molar-refractivity contribution in [3.8, 4) is 0 Å². The molecule has 1 aromatic rings. The summed E-state index contributed by atoms with van der Waals surface area (Å²) in [7, 11) is 1.92. The molecular weight excluding hydrogens is 256 g/mol. The zero-order valence-electron chi connectivity index (χ0n) is 11.9. The summed E-state index contributed by atoms with van der Waals surface area (Å²) in [4.78, 5) is 15.3. The van der Waals surface area contributed by atoms with E-state index in [0.29, 0.717) is 12.3 Å². The van der Waals surface area contributed by atoms with Gasteiger partial charge in [-0.2, -0.15) is 0 Å². The van der Waals surface area contributed by atoms with Crippen LogP contribution in [-0.2, 0) is 11.3 Å². The number of amides is 1. The van der Waals surface area contributed by atoms with Crippen molar-refractivity contribution in [2.75, 3.05) is 20.1 Å². The molecule has 0 spiro atoms. The van der Waals surface area contributed by atoms with Gasteiger partial charge in [0.25, 0.3) is 0 Å². The van der Waals surface area contributed by atoms with Crippen LogP contribution in [0.15, 0.2) is 11.4 Å². The number of hydrogen-bond donors (Lipinski definition) is 1. The van der Waals surface area contributed by atoms with Gasteiger partial charge in [-0.05, 0) is 62.2 Å². The van der Waals surface area contributed by atoms with Crippen molar-refractivity contribution in [3.63, 3.8) is 0 Å². The number of rotatable bonds is 5. The van der Waals surface area contributed by atoms with Gasteiger partial charge < -0.3 is 10.2 Å². The lowest BCUT2D eigenvalue weighted by atomic mass is 9.94. The number of hydrogen-bond acceptors (Lipinski definition) is 3. The highest BCUT2D eigenvalue weighted by molar-refractivity contribution is 7.10. The van der Waals surface area contributed by atoms with E-state index in [1.54, 1.807) is 11.3 Å². The molecule has 2 heterocycles. The van der Waals surface area contributed by atoms with Crippen molar-refractivity contribution in [3.05, 3.63) is 21.9 Å². The smallest absolute Gasteiger partial charge is 0.222 e. The first-order valence-corrected chi connectivity index (χ1v) is 8.02. The third-order valence-electron chi connectivity index (χ3n) is 3.94. The van der Waals surface area contributed by atoms with E-state index in [2.05, 4.69) is 23.7 Å². The van der Waals surface area contributed by atoms with Crippen LogP contribution in [0.25, 0.3) is 0 Å². The summed E-state index contributed by atoms with van der Waals surface area (Å²) < 4.78 is 0. The molecular formula is C15H24N2OS. The Kier molecular flexibility index (Phi) is 5.40. The van der Waals surface area contributed by atoms with Crippen LogP contribution in [-0.4, -0.2) is 30.9 Å². The minimum atomic E-state index is 0.276. The molecule has 0 aliphatic carbocycles. The van der Waals surface area contributed by atoms with Crippen LogP contribution in [0.5, 0.6) is 0 Å². The number of piperidine rings is 1. The molecule has 1 N–H and O–H groups in total. The maximum absolute atomic E-state index is 12.1. The van der Waals surface area contributed by atoms with Gasteiger partial charge in [-0.3, -0.25) is 4.79 Å². The molecule has 1 saturated heterocycles. The molecule has 106 valence electrons. The molecule has 1 unspecified atom stereocenters. The quantitative estimate of drug-likeness (QED) is 0.899. The molecule has 2 rings (SSSR count). The number of carbonyl (C=O) groups excluding carboxylic acids is 1. The fourth-order valence-electron chi connectivity index (χ4n) is 2.56. The maximum Gasteiger partial charge on any atom is 0.222 e. The Morgan fingerprint density at radius 1 is 1.58 bits per heavy atom. The molecule has 0 bridgehead atoms. The summed E-state index contributed by atoms with van der Waals surface area (Å²) in [5.74, 6) is 0.966. The second kappa shape index (κ2) is 7.06. The van der Waals surface area contributed by atoms with Crippen molar-refractivity contribution < 1.29 is 4.79 Å². The SMILES string of the molecule is Cc1ccsc1CN(C)C(=O)CCC1CCCNC1. The van der Waals surface area contributed by atoms with Crippen molar-refractivity contribution in [1.82, 2.24) is 10.2 Å². The largest absolute Gasteiger partial charge is 0.341 e. The fraction of sp³-hybridized carbons (Fsp3) is 0.667. The first-order valence-electron chi connectivity index (χ1n) is 7.14. The van der Waals surface area contributed by atoms with Gasteiger partial charge in [0.2, 0.25) is 5.91 Å². The van der Waals surface area contributed by atoms with E-state index in [9.17, 15) is 4.79 Å². The van der Waals surface area contributed by atoms with Crippen LogP contribution in [0, 0.1) is 12.8 Å². The lowest BCUT2D eigenvalue weighted by Gasteiger charge is -2.23. The summed E-state index contributed by atoms with van der Waals surface area (Å²) in [5.41, 5.74) is 1.29. The fourth-order valence-corrected chi connectivity index (χ4v) is 3.52. The normalized spacial score (nSPS) is 19.4. The lowest BCUT2D eigenvalue weighted by Crippen LogP contribution is -2.31. The van der Waals surface area contributed by atoms with Gasteiger partial charge in [-0.1, -0.05) is 0 Å². The molecule has 4 heteroatoms. The Labute approximate surface area is 120 Å². The second-order valence-corrected chi connectivity index (χ2v) is 6.53. The van der Waals surface area contributed by atoms with E-state index in [-0.39, 0.29) is 5.91 Å². The standard InChI is InChI=1S/C15H24N2OS/c1-12-7-9-19-14(12)11-17(2)15(18)6-5-13-4-3-8-16-10-13/h7,9,13,16H,3-6,8,10-11H2,1-2H3. The van der Waals surface area contributed by atoms with Gasteiger partial charge >= 0.3 is 0 Å². The van der Waals surface area contributed by atoms with Crippen LogP contribution >= 0.6 is 11.3 Å². The Morgan fingerprint density at radius 2 is 2.42 bits per heavy atom. The monoisotopic (exact) mass is 280 g/mol. The molecule has 1 atom stereocenters. The van der Waals surface area contributed by atoms with Gasteiger partial charge in [0.15, 0.2) is 0 Å². The summed E-state index contributed by atoms with van der Waals surface area (Å²) in [6.45, 7) is 5.09. The van der Waals surface area contributed by atoms with E-state index in [4.69, 9.17) is 0 Å². The average molecular weight is 280 g/mol. The summed E-state index contributed by atoms with van der Waals surface area (Å²) in [6, 6.07) is 2.12. The van der Waals surface area contributed by atoms with Crippen molar-refractivity contribution in [2.45, 2.75) is 39.2 Å². The molecule has 1 aliphatic rings. The second-order valence-electron chi connectivity index (χ2n) is 5.53. The van der Waals surface area contributed by atoms with E-state index in [0.717, 1.165) is 26.1 Å². The molecule has 0 radical (unpaired) electrons. The Morgan fingerprint density at radius 3 is 3.05 bits per heavy atom. The number of thiophene rings is 1. The van der Waals surface area contributed by atoms with Gasteiger partial charge in [0, 0.05) is 18.3 Å². The van der Waals surface area contributed by atoms with Gasteiger partial charge in [-0.15, -0.1) is 11.3 Å². The van der Waals surface area contributed by atoms with Crippen molar-refractivity contribution in [1.29, 1.82) is 0 Å². The number of nitrogens with one attached hydrogen (secondary N) is 1. The molecule has 1 aliphatic heterocycles. The van der Waals surface area contributed by atoms with Gasteiger partial charge in [-0.25, -0.2) is 0 Å². The molecule has 19 heavy (non-hydrogen) atoms. The Balaban J connectivity index is 1.74. The molecule has 1 aromatic heterocycles. The maximum atomic E-state index is 12.1. The molecule has 0 saturated carbocycles. The molecule has 1 fully saturated rings. The van der Waals surface area contributed by atoms with Crippen LogP contribution in [0.1, 0.15) is 36.1 Å². The van der Waals surface area contributed by atoms with Crippen LogP contribution < -0.4 is 5.32 Å². The highest BCUT2D eigenvalue weighted by Gasteiger charge is 2.16. The van der Waals surface area contributed by atoms with Gasteiger partial charge in [0.1, 0.15) is 0 Å². The Hall–Kier alpha value is -0.870.